The van der Waals surface area contributed by atoms with E-state index in [1.807, 2.05) is 49.3 Å². The van der Waals surface area contributed by atoms with E-state index in [4.69, 9.17) is 26.1 Å². The van der Waals surface area contributed by atoms with Gasteiger partial charge in [-0.2, -0.15) is 0 Å². The fourth-order valence-electron chi connectivity index (χ4n) is 4.71. The Labute approximate surface area is 229 Å². The highest BCUT2D eigenvalue weighted by molar-refractivity contribution is 9.10. The molecule has 1 heterocycles. The summed E-state index contributed by atoms with van der Waals surface area (Å²) in [6.07, 6.45) is 0.279. The molecule has 0 aliphatic carbocycles. The molecule has 1 aromatic heterocycles. The average molecular weight is 588 g/mol. The number of hydrogen-bond donors (Lipinski definition) is 1. The van der Waals surface area contributed by atoms with E-state index in [1.54, 1.807) is 36.4 Å². The maximum absolute atomic E-state index is 16.0. The van der Waals surface area contributed by atoms with Crippen molar-refractivity contribution in [3.63, 3.8) is 0 Å². The van der Waals surface area contributed by atoms with Gasteiger partial charge in [0.25, 0.3) is 0 Å². The zero-order valence-electron chi connectivity index (χ0n) is 21.1. The number of methoxy groups -OCH3 is 2. The van der Waals surface area contributed by atoms with E-state index in [9.17, 15) is 5.11 Å². The van der Waals surface area contributed by atoms with E-state index < -0.39 is 17.3 Å². The number of benzene rings is 3. The quantitative estimate of drug-likeness (QED) is 0.234. The van der Waals surface area contributed by atoms with Gasteiger partial charge in [0.2, 0.25) is 5.88 Å². The lowest BCUT2D eigenvalue weighted by Crippen LogP contribution is -2.38. The fourth-order valence-corrected chi connectivity index (χ4v) is 5.28. The molecule has 0 radical (unpaired) electrons. The van der Waals surface area contributed by atoms with E-state index in [-0.39, 0.29) is 17.7 Å². The molecular weight excluding hydrogens is 559 g/mol. The lowest BCUT2D eigenvalue weighted by atomic mass is 9.71. The first kappa shape index (κ1) is 27.3. The molecule has 0 amide bonds. The first-order valence-corrected chi connectivity index (χ1v) is 12.9. The summed E-state index contributed by atoms with van der Waals surface area (Å²) in [6, 6.07) is 19.6. The number of nitrogens with zero attached hydrogens (tertiary/aromatic N) is 2. The van der Waals surface area contributed by atoms with Crippen molar-refractivity contribution < 1.29 is 19.0 Å². The molecule has 194 valence electrons. The Hall–Kier alpha value is -2.71. The van der Waals surface area contributed by atoms with Gasteiger partial charge in [-0.05, 0) is 68.5 Å². The predicted octanol–water partition coefficient (Wildman–Crippen LogP) is 6.78. The second kappa shape index (κ2) is 11.4. The van der Waals surface area contributed by atoms with Crippen LogP contribution in [-0.2, 0) is 5.60 Å². The highest BCUT2D eigenvalue weighted by Crippen LogP contribution is 2.49. The van der Waals surface area contributed by atoms with Crippen LogP contribution in [0.3, 0.4) is 0 Å². The number of aliphatic hydroxyl groups is 1. The zero-order chi connectivity index (χ0) is 26.7. The van der Waals surface area contributed by atoms with Crippen LogP contribution in [0.25, 0.3) is 10.9 Å². The van der Waals surface area contributed by atoms with Crippen LogP contribution in [0.15, 0.2) is 71.2 Å². The van der Waals surface area contributed by atoms with Crippen molar-refractivity contribution in [3.8, 4) is 11.6 Å². The van der Waals surface area contributed by atoms with Crippen LogP contribution in [0.2, 0.25) is 5.02 Å². The largest absolute Gasteiger partial charge is 0.494 e. The summed E-state index contributed by atoms with van der Waals surface area (Å²) in [5, 5.41) is 14.0. The average Bonchev–Trinajstić information content (AvgIpc) is 2.88. The Morgan fingerprint density at radius 2 is 1.78 bits per heavy atom. The summed E-state index contributed by atoms with van der Waals surface area (Å²) in [4.78, 5) is 6.70. The molecular formula is C29H29BrClFN2O3. The van der Waals surface area contributed by atoms with Crippen molar-refractivity contribution in [1.29, 1.82) is 0 Å². The molecule has 4 aromatic rings. The molecule has 2 unspecified atom stereocenters. The lowest BCUT2D eigenvalue weighted by Gasteiger charge is -2.39. The number of aromatic nitrogens is 1. The van der Waals surface area contributed by atoms with Crippen molar-refractivity contribution >= 4 is 38.4 Å². The Kier molecular flexibility index (Phi) is 8.39. The van der Waals surface area contributed by atoms with Crippen LogP contribution in [0.5, 0.6) is 11.6 Å². The summed E-state index contributed by atoms with van der Waals surface area (Å²) >= 11 is 9.91. The van der Waals surface area contributed by atoms with Gasteiger partial charge < -0.3 is 19.5 Å². The van der Waals surface area contributed by atoms with Gasteiger partial charge in [-0.25, -0.2) is 9.37 Å². The molecule has 0 saturated heterocycles. The monoisotopic (exact) mass is 586 g/mol. The van der Waals surface area contributed by atoms with Gasteiger partial charge >= 0.3 is 0 Å². The number of rotatable bonds is 9. The number of hydrogen-bond acceptors (Lipinski definition) is 5. The SMILES string of the molecule is COc1cccc(C(c2cc3cc(Br)ccc3nc2OC)C(O)(CCN(C)C)c2cccc(Cl)c2)c1F. The zero-order valence-corrected chi connectivity index (χ0v) is 23.5. The topological polar surface area (TPSA) is 54.8 Å². The summed E-state index contributed by atoms with van der Waals surface area (Å²) in [7, 11) is 6.79. The van der Waals surface area contributed by atoms with Gasteiger partial charge in [-0.3, -0.25) is 0 Å². The predicted molar refractivity (Wildman–Crippen MR) is 149 cm³/mol. The smallest absolute Gasteiger partial charge is 0.217 e. The third-order valence-electron chi connectivity index (χ3n) is 6.54. The second-order valence-electron chi connectivity index (χ2n) is 9.21. The molecule has 1 N–H and O–H groups in total. The highest BCUT2D eigenvalue weighted by Gasteiger charge is 2.44. The molecule has 2 atom stereocenters. The van der Waals surface area contributed by atoms with Gasteiger partial charge in [-0.15, -0.1) is 0 Å². The van der Waals surface area contributed by atoms with Crippen LogP contribution >= 0.6 is 27.5 Å². The van der Waals surface area contributed by atoms with Gasteiger partial charge in [-0.1, -0.05) is 51.8 Å². The van der Waals surface area contributed by atoms with Crippen molar-refractivity contribution in [3.05, 3.63) is 98.7 Å². The van der Waals surface area contributed by atoms with Gasteiger partial charge in [0.05, 0.1) is 25.7 Å². The minimum atomic E-state index is -1.59. The minimum absolute atomic E-state index is 0.0824. The van der Waals surface area contributed by atoms with Crippen molar-refractivity contribution in [1.82, 2.24) is 9.88 Å². The van der Waals surface area contributed by atoms with E-state index in [0.717, 1.165) is 9.86 Å². The first-order chi connectivity index (χ1) is 17.7. The number of fused-ring (bicyclic) bond motifs is 1. The molecule has 8 heteroatoms. The Morgan fingerprint density at radius 3 is 2.46 bits per heavy atom. The van der Waals surface area contributed by atoms with Crippen molar-refractivity contribution in [2.24, 2.45) is 0 Å². The van der Waals surface area contributed by atoms with E-state index in [1.165, 1.54) is 14.2 Å². The van der Waals surface area contributed by atoms with Crippen molar-refractivity contribution in [2.75, 3.05) is 34.9 Å². The normalized spacial score (nSPS) is 14.0. The maximum Gasteiger partial charge on any atom is 0.217 e. The lowest BCUT2D eigenvalue weighted by molar-refractivity contribution is 0.00282. The number of halogens is 3. The molecule has 3 aromatic carbocycles. The molecule has 0 bridgehead atoms. The molecule has 0 saturated carbocycles. The molecule has 37 heavy (non-hydrogen) atoms. The van der Waals surface area contributed by atoms with Crippen LogP contribution in [-0.4, -0.2) is 49.9 Å². The minimum Gasteiger partial charge on any atom is -0.494 e. The molecule has 0 aliphatic rings. The highest BCUT2D eigenvalue weighted by atomic mass is 79.9. The van der Waals surface area contributed by atoms with Gasteiger partial charge in [0.1, 0.15) is 5.60 Å². The third-order valence-corrected chi connectivity index (χ3v) is 7.27. The van der Waals surface area contributed by atoms with E-state index >= 15 is 4.39 Å². The third kappa shape index (κ3) is 5.60. The molecule has 0 aliphatic heterocycles. The standard InChI is InChI=1S/C29H29BrClFN2O3/c1-34(2)14-13-29(35,19-7-5-8-21(31)17-19)26(22-9-6-10-25(36-3)27(22)32)23-16-18-15-20(30)11-12-24(18)33-28(23)37-4/h5-12,15-17,26,35H,13-14H2,1-4H3. The second-order valence-corrected chi connectivity index (χ2v) is 10.6. The van der Waals surface area contributed by atoms with Crippen LogP contribution in [0.4, 0.5) is 4.39 Å². The van der Waals surface area contributed by atoms with E-state index in [0.29, 0.717) is 34.1 Å². The van der Waals surface area contributed by atoms with Crippen LogP contribution in [0, 0.1) is 5.82 Å². The summed E-state index contributed by atoms with van der Waals surface area (Å²) in [5.41, 5.74) is 0.493. The summed E-state index contributed by atoms with van der Waals surface area (Å²) < 4.78 is 27.9. The van der Waals surface area contributed by atoms with Crippen molar-refractivity contribution in [2.45, 2.75) is 17.9 Å². The summed E-state index contributed by atoms with van der Waals surface area (Å²) in [6.45, 7) is 0.528. The van der Waals surface area contributed by atoms with E-state index in [2.05, 4.69) is 15.9 Å². The Balaban J connectivity index is 2.09. The maximum atomic E-state index is 16.0. The fraction of sp³-hybridized carbons (Fsp3) is 0.276. The molecule has 4 rings (SSSR count). The van der Waals surface area contributed by atoms with Crippen LogP contribution < -0.4 is 9.47 Å². The van der Waals surface area contributed by atoms with Crippen LogP contribution in [0.1, 0.15) is 29.0 Å². The molecule has 5 nitrogen and oxygen atoms in total. The van der Waals surface area contributed by atoms with Gasteiger partial charge in [0, 0.05) is 32.6 Å². The molecule has 0 fully saturated rings. The Morgan fingerprint density at radius 1 is 1.03 bits per heavy atom. The summed E-state index contributed by atoms with van der Waals surface area (Å²) in [5.74, 6) is -1.09. The number of pyridine rings is 1. The number of ether oxygens (including phenoxy) is 2. The molecule has 0 spiro atoms. The first-order valence-electron chi connectivity index (χ1n) is 11.8. The van der Waals surface area contributed by atoms with Gasteiger partial charge in [0.15, 0.2) is 11.6 Å². The Bertz CT molecular complexity index is 1420.